The summed E-state index contributed by atoms with van der Waals surface area (Å²) in [5.41, 5.74) is 4.90. The highest BCUT2D eigenvalue weighted by Crippen LogP contribution is 2.40. The third-order valence-corrected chi connectivity index (χ3v) is 9.32. The van der Waals surface area contributed by atoms with E-state index in [2.05, 4.69) is 16.5 Å². The van der Waals surface area contributed by atoms with Crippen molar-refractivity contribution in [3.63, 3.8) is 0 Å². The van der Waals surface area contributed by atoms with Crippen LogP contribution in [0.1, 0.15) is 46.1 Å². The second-order valence-corrected chi connectivity index (χ2v) is 11.7. The summed E-state index contributed by atoms with van der Waals surface area (Å²) in [5, 5.41) is 0. The zero-order valence-corrected chi connectivity index (χ0v) is 25.4. The molecule has 1 aromatic heterocycles. The number of hydrogen-bond donors (Lipinski definition) is 0. The van der Waals surface area contributed by atoms with Gasteiger partial charge in [0.05, 0.1) is 19.0 Å². The SMILES string of the molecule is COC1(OC)C=C(C(=O)N2Cc3ccc(C(=O)N(C)C4CCN(C)CC4)n3Cc3ccccc32)C=CC1c1ccccc1. The first-order valence-electron chi connectivity index (χ1n) is 15.0. The fourth-order valence-corrected chi connectivity index (χ4v) is 6.69. The minimum absolute atomic E-state index is 0.0212. The molecule has 1 unspecified atom stereocenters. The molecule has 3 aromatic rings. The molecule has 43 heavy (non-hydrogen) atoms. The minimum Gasteiger partial charge on any atom is -0.349 e. The molecule has 2 aromatic carbocycles. The molecule has 1 saturated heterocycles. The summed E-state index contributed by atoms with van der Waals surface area (Å²) in [6.07, 6.45) is 7.59. The van der Waals surface area contributed by atoms with Gasteiger partial charge in [-0.25, -0.2) is 0 Å². The van der Waals surface area contributed by atoms with Crippen LogP contribution in [0.4, 0.5) is 5.69 Å². The van der Waals surface area contributed by atoms with Gasteiger partial charge in [0, 0.05) is 44.3 Å². The first kappa shape index (κ1) is 29.1. The lowest BCUT2D eigenvalue weighted by atomic mass is 9.84. The number of rotatable bonds is 6. The third-order valence-electron chi connectivity index (χ3n) is 9.32. The molecule has 0 bridgehead atoms. The van der Waals surface area contributed by atoms with Crippen LogP contribution >= 0.6 is 0 Å². The first-order valence-corrected chi connectivity index (χ1v) is 15.0. The van der Waals surface area contributed by atoms with Gasteiger partial charge in [-0.15, -0.1) is 0 Å². The van der Waals surface area contributed by atoms with Gasteiger partial charge in [-0.3, -0.25) is 9.59 Å². The van der Waals surface area contributed by atoms with Crippen LogP contribution in [-0.4, -0.2) is 79.4 Å². The Balaban J connectivity index is 1.32. The molecule has 224 valence electrons. The summed E-state index contributed by atoms with van der Waals surface area (Å²) in [5.74, 6) is -1.48. The molecule has 0 saturated carbocycles. The molecule has 6 rings (SSSR count). The van der Waals surface area contributed by atoms with Gasteiger partial charge in [-0.05, 0) is 68.4 Å². The maximum atomic E-state index is 14.3. The molecule has 0 N–H and O–H groups in total. The topological polar surface area (TPSA) is 67.2 Å². The number of anilines is 1. The average Bonchev–Trinajstić information content (AvgIpc) is 3.36. The first-order chi connectivity index (χ1) is 20.8. The molecule has 1 atom stereocenters. The number of likely N-dealkylation sites (tertiary alicyclic amines) is 1. The van der Waals surface area contributed by atoms with Gasteiger partial charge in [0.15, 0.2) is 5.79 Å². The predicted molar refractivity (Wildman–Crippen MR) is 167 cm³/mol. The Morgan fingerprint density at radius 1 is 0.907 bits per heavy atom. The average molecular weight is 581 g/mol. The maximum absolute atomic E-state index is 14.3. The number of piperidine rings is 1. The highest BCUT2D eigenvalue weighted by Gasteiger charge is 2.41. The van der Waals surface area contributed by atoms with Crippen molar-refractivity contribution in [1.82, 2.24) is 14.4 Å². The molecule has 2 aliphatic heterocycles. The number of ether oxygens (including phenoxy) is 2. The van der Waals surface area contributed by atoms with Crippen LogP contribution in [0.15, 0.2) is 90.5 Å². The molecule has 8 nitrogen and oxygen atoms in total. The number of carbonyl (C=O) groups excluding carboxylic acids is 2. The fourth-order valence-electron chi connectivity index (χ4n) is 6.69. The lowest BCUT2D eigenvalue weighted by molar-refractivity contribution is -0.179. The van der Waals surface area contributed by atoms with Crippen molar-refractivity contribution in [3.05, 3.63) is 113 Å². The van der Waals surface area contributed by atoms with Crippen molar-refractivity contribution in [2.24, 2.45) is 0 Å². The van der Waals surface area contributed by atoms with E-state index >= 15 is 0 Å². The zero-order valence-electron chi connectivity index (χ0n) is 25.4. The number of benzene rings is 2. The highest BCUT2D eigenvalue weighted by atomic mass is 16.7. The standard InChI is InChI=1S/C35H40N4O4/c1-36-20-18-28(19-21-36)37(2)34(41)32-17-15-29-24-39(31-13-9-8-12-27(31)23-38(29)32)33(40)26-14-16-30(25-10-6-5-7-11-25)35(22-26,42-3)43-4/h5-17,22,28,30H,18-21,23-24H2,1-4H3. The van der Waals surface area contributed by atoms with Gasteiger partial charge in [0.25, 0.3) is 11.8 Å². The van der Waals surface area contributed by atoms with Crippen molar-refractivity contribution in [2.75, 3.05) is 46.3 Å². The number of methoxy groups -OCH3 is 2. The van der Waals surface area contributed by atoms with Crippen molar-refractivity contribution in [2.45, 2.75) is 43.7 Å². The zero-order chi connectivity index (χ0) is 30.1. The smallest absolute Gasteiger partial charge is 0.270 e. The van der Waals surface area contributed by atoms with E-state index < -0.39 is 5.79 Å². The number of para-hydroxylation sites is 1. The Bertz CT molecular complexity index is 1550. The van der Waals surface area contributed by atoms with Crippen LogP contribution in [0.5, 0.6) is 0 Å². The van der Waals surface area contributed by atoms with E-state index in [4.69, 9.17) is 9.47 Å². The number of carbonyl (C=O) groups is 2. The number of aromatic nitrogens is 1. The molecule has 1 fully saturated rings. The Kier molecular flexibility index (Phi) is 8.09. The fraction of sp³-hybridized carbons (Fsp3) is 0.371. The van der Waals surface area contributed by atoms with E-state index in [1.54, 1.807) is 25.2 Å². The van der Waals surface area contributed by atoms with E-state index in [9.17, 15) is 9.59 Å². The van der Waals surface area contributed by atoms with Gasteiger partial charge < -0.3 is 28.7 Å². The number of amides is 2. The molecule has 3 heterocycles. The lowest BCUT2D eigenvalue weighted by Gasteiger charge is -2.37. The Morgan fingerprint density at radius 3 is 2.33 bits per heavy atom. The summed E-state index contributed by atoms with van der Waals surface area (Å²) in [4.78, 5) is 34.1. The summed E-state index contributed by atoms with van der Waals surface area (Å²) in [7, 11) is 7.25. The normalized spacial score (nSPS) is 20.1. The van der Waals surface area contributed by atoms with Crippen LogP contribution < -0.4 is 4.90 Å². The molecule has 3 aliphatic rings. The quantitative estimate of drug-likeness (QED) is 0.392. The van der Waals surface area contributed by atoms with Crippen molar-refractivity contribution < 1.29 is 19.1 Å². The van der Waals surface area contributed by atoms with Crippen molar-refractivity contribution in [3.8, 4) is 0 Å². The van der Waals surface area contributed by atoms with E-state index in [0.29, 0.717) is 24.4 Å². The predicted octanol–water partition coefficient (Wildman–Crippen LogP) is 4.82. The van der Waals surface area contributed by atoms with Gasteiger partial charge in [0.2, 0.25) is 0 Å². The third kappa shape index (κ3) is 5.35. The van der Waals surface area contributed by atoms with Gasteiger partial charge >= 0.3 is 0 Å². The molecule has 8 heteroatoms. The van der Waals surface area contributed by atoms with Crippen molar-refractivity contribution in [1.29, 1.82) is 0 Å². The molecular weight excluding hydrogens is 540 g/mol. The summed E-state index contributed by atoms with van der Waals surface area (Å²) < 4.78 is 14.0. The molecule has 0 radical (unpaired) electrons. The Hall–Kier alpha value is -3.98. The van der Waals surface area contributed by atoms with Gasteiger partial charge in [-0.1, -0.05) is 60.7 Å². The van der Waals surface area contributed by atoms with E-state index in [0.717, 1.165) is 48.4 Å². The van der Waals surface area contributed by atoms with Gasteiger partial charge in [0.1, 0.15) is 5.69 Å². The van der Waals surface area contributed by atoms with Crippen LogP contribution in [0.3, 0.4) is 0 Å². The molecule has 1 aliphatic carbocycles. The Labute approximate surface area is 253 Å². The second kappa shape index (κ2) is 12.0. The Morgan fingerprint density at radius 2 is 1.60 bits per heavy atom. The van der Waals surface area contributed by atoms with E-state index in [-0.39, 0.29) is 23.8 Å². The van der Waals surface area contributed by atoms with Crippen LogP contribution in [0, 0.1) is 0 Å². The second-order valence-electron chi connectivity index (χ2n) is 11.7. The highest BCUT2D eigenvalue weighted by molar-refractivity contribution is 6.08. The number of hydrogen-bond acceptors (Lipinski definition) is 5. The maximum Gasteiger partial charge on any atom is 0.270 e. The minimum atomic E-state index is -1.13. The summed E-state index contributed by atoms with van der Waals surface area (Å²) in [6.45, 7) is 2.82. The number of fused-ring (bicyclic) bond motifs is 2. The largest absolute Gasteiger partial charge is 0.349 e. The van der Waals surface area contributed by atoms with Crippen LogP contribution in [0.25, 0.3) is 0 Å². The summed E-state index contributed by atoms with van der Waals surface area (Å²) >= 11 is 0. The molecular formula is C35H40N4O4. The van der Waals surface area contributed by atoms with E-state index in [1.165, 1.54) is 0 Å². The monoisotopic (exact) mass is 580 g/mol. The van der Waals surface area contributed by atoms with Gasteiger partial charge in [-0.2, -0.15) is 0 Å². The molecule has 0 spiro atoms. The lowest BCUT2D eigenvalue weighted by Crippen LogP contribution is -2.45. The number of nitrogens with zero attached hydrogens (tertiary/aromatic N) is 4. The summed E-state index contributed by atoms with van der Waals surface area (Å²) in [6, 6.07) is 22.1. The van der Waals surface area contributed by atoms with E-state index in [1.807, 2.05) is 90.8 Å². The van der Waals surface area contributed by atoms with Crippen LogP contribution in [-0.2, 0) is 27.4 Å². The van der Waals surface area contributed by atoms with Crippen LogP contribution in [0.2, 0.25) is 0 Å². The van der Waals surface area contributed by atoms with Crippen molar-refractivity contribution >= 4 is 17.5 Å². The molecule has 2 amide bonds.